The summed E-state index contributed by atoms with van der Waals surface area (Å²) in [4.78, 5) is 26.8. The largest absolute Gasteiger partial charge is 0.465 e. The number of nitrogens with zero attached hydrogens (tertiary/aromatic N) is 3. The van der Waals surface area contributed by atoms with E-state index >= 15 is 0 Å². The van der Waals surface area contributed by atoms with Crippen LogP contribution in [0.25, 0.3) is 0 Å². The van der Waals surface area contributed by atoms with Crippen molar-refractivity contribution in [3.05, 3.63) is 64.2 Å². The number of piperazine rings is 1. The van der Waals surface area contributed by atoms with Crippen molar-refractivity contribution in [2.24, 2.45) is 0 Å². The Labute approximate surface area is 208 Å². The first-order valence-electron chi connectivity index (χ1n) is 10.8. The molecule has 0 radical (unpaired) electrons. The molecule has 1 aliphatic heterocycles. The zero-order chi connectivity index (χ0) is 25.8. The minimum Gasteiger partial charge on any atom is -0.465 e. The highest BCUT2D eigenvalue weighted by atomic mass is 35.5. The number of halogens is 3. The highest BCUT2D eigenvalue weighted by Crippen LogP contribution is 2.27. The third kappa shape index (κ3) is 6.68. The van der Waals surface area contributed by atoms with Gasteiger partial charge < -0.3 is 9.64 Å². The van der Waals surface area contributed by atoms with Gasteiger partial charge in [-0.15, -0.1) is 0 Å². The number of carbonyl (C=O) groups excluding carboxylic acids is 2. The average molecular weight is 530 g/mol. The molecule has 0 aliphatic carbocycles. The maximum atomic E-state index is 14.8. The lowest BCUT2D eigenvalue weighted by molar-refractivity contribution is -0.130. The fourth-order valence-electron chi connectivity index (χ4n) is 3.71. The summed E-state index contributed by atoms with van der Waals surface area (Å²) in [6.07, 6.45) is 0. The topological polar surface area (TPSA) is 87.2 Å². The summed E-state index contributed by atoms with van der Waals surface area (Å²) in [7, 11) is -2.84. The molecule has 0 N–H and O–H groups in total. The number of ether oxygens (including phenoxy) is 1. The molecule has 190 valence electrons. The SMILES string of the molecule is COC(=O)c1ccc(CN(c2ccc(F)c(Cl)c2)S(=O)(=O)CCN2CCN(C(C)=O)CC2)c(F)c1. The van der Waals surface area contributed by atoms with Gasteiger partial charge in [0, 0.05) is 45.2 Å². The first-order chi connectivity index (χ1) is 16.5. The number of amides is 1. The lowest BCUT2D eigenvalue weighted by Gasteiger charge is -2.34. The summed E-state index contributed by atoms with van der Waals surface area (Å²) < 4.78 is 60.8. The second-order valence-corrected chi connectivity index (χ2v) is 10.5. The highest BCUT2D eigenvalue weighted by Gasteiger charge is 2.27. The van der Waals surface area contributed by atoms with Crippen molar-refractivity contribution in [1.29, 1.82) is 0 Å². The minimum atomic E-state index is -4.01. The van der Waals surface area contributed by atoms with Crippen LogP contribution in [0.2, 0.25) is 5.02 Å². The zero-order valence-electron chi connectivity index (χ0n) is 19.3. The van der Waals surface area contributed by atoms with Crippen LogP contribution in [0.5, 0.6) is 0 Å². The summed E-state index contributed by atoms with van der Waals surface area (Å²) in [6, 6.07) is 7.07. The van der Waals surface area contributed by atoms with E-state index in [1.165, 1.54) is 38.3 Å². The molecule has 1 saturated heterocycles. The molecule has 0 unspecified atom stereocenters. The van der Waals surface area contributed by atoms with E-state index in [-0.39, 0.29) is 40.0 Å². The van der Waals surface area contributed by atoms with Crippen LogP contribution in [0.3, 0.4) is 0 Å². The van der Waals surface area contributed by atoms with Crippen LogP contribution in [0, 0.1) is 11.6 Å². The van der Waals surface area contributed by atoms with Gasteiger partial charge in [-0.05, 0) is 30.3 Å². The van der Waals surface area contributed by atoms with Crippen LogP contribution in [-0.4, -0.2) is 75.7 Å². The van der Waals surface area contributed by atoms with Gasteiger partial charge in [0.25, 0.3) is 0 Å². The molecule has 0 bridgehead atoms. The Morgan fingerprint density at radius 3 is 2.31 bits per heavy atom. The van der Waals surface area contributed by atoms with E-state index in [1.807, 2.05) is 4.90 Å². The molecule has 0 spiro atoms. The van der Waals surface area contributed by atoms with Crippen molar-refractivity contribution in [2.45, 2.75) is 13.5 Å². The van der Waals surface area contributed by atoms with E-state index in [9.17, 15) is 26.8 Å². The summed E-state index contributed by atoms with van der Waals surface area (Å²) >= 11 is 5.89. The van der Waals surface area contributed by atoms with Crippen molar-refractivity contribution < 1.29 is 31.5 Å². The lowest BCUT2D eigenvalue weighted by Crippen LogP contribution is -2.49. The number of rotatable bonds is 8. The van der Waals surface area contributed by atoms with Gasteiger partial charge in [-0.25, -0.2) is 22.0 Å². The van der Waals surface area contributed by atoms with Gasteiger partial charge in [0.05, 0.1) is 35.7 Å². The van der Waals surface area contributed by atoms with Crippen LogP contribution in [-0.2, 0) is 26.1 Å². The Morgan fingerprint density at radius 1 is 1.06 bits per heavy atom. The maximum absolute atomic E-state index is 14.8. The smallest absolute Gasteiger partial charge is 0.337 e. The van der Waals surface area contributed by atoms with E-state index in [2.05, 4.69) is 4.74 Å². The van der Waals surface area contributed by atoms with E-state index in [4.69, 9.17) is 11.6 Å². The summed E-state index contributed by atoms with van der Waals surface area (Å²) in [5, 5.41) is -0.274. The van der Waals surface area contributed by atoms with E-state index in [0.29, 0.717) is 26.2 Å². The first-order valence-corrected chi connectivity index (χ1v) is 12.8. The van der Waals surface area contributed by atoms with Gasteiger partial charge in [-0.2, -0.15) is 0 Å². The highest BCUT2D eigenvalue weighted by molar-refractivity contribution is 7.92. The Morgan fingerprint density at radius 2 is 1.74 bits per heavy atom. The van der Waals surface area contributed by atoms with Crippen LogP contribution >= 0.6 is 11.6 Å². The van der Waals surface area contributed by atoms with Crippen molar-refractivity contribution >= 4 is 39.2 Å². The number of anilines is 1. The maximum Gasteiger partial charge on any atom is 0.337 e. The van der Waals surface area contributed by atoms with Crippen LogP contribution in [0.4, 0.5) is 14.5 Å². The molecule has 1 heterocycles. The summed E-state index contributed by atoms with van der Waals surface area (Å²) in [5.41, 5.74) is 0.0729. The molecule has 35 heavy (non-hydrogen) atoms. The van der Waals surface area contributed by atoms with Gasteiger partial charge in [0.1, 0.15) is 11.6 Å². The van der Waals surface area contributed by atoms with Gasteiger partial charge in [-0.3, -0.25) is 14.0 Å². The number of benzene rings is 2. The van der Waals surface area contributed by atoms with Crippen molar-refractivity contribution in [3.63, 3.8) is 0 Å². The van der Waals surface area contributed by atoms with Crippen LogP contribution < -0.4 is 4.31 Å². The van der Waals surface area contributed by atoms with Crippen molar-refractivity contribution in [3.8, 4) is 0 Å². The molecule has 2 aromatic carbocycles. The molecule has 0 saturated carbocycles. The van der Waals surface area contributed by atoms with E-state index in [1.54, 1.807) is 4.90 Å². The molecular formula is C23H26ClF2N3O5S. The standard InChI is InChI=1S/C23H26ClF2N3O5S/c1-16(30)28-9-7-27(8-10-28)11-12-35(32,33)29(19-5-6-21(25)20(24)14-19)15-18-4-3-17(13-22(18)26)23(31)34-2/h3-6,13-14H,7-12,15H2,1-2H3. The zero-order valence-corrected chi connectivity index (χ0v) is 20.9. The Bertz CT molecular complexity index is 1200. The van der Waals surface area contributed by atoms with Crippen LogP contribution in [0.15, 0.2) is 36.4 Å². The third-order valence-electron chi connectivity index (χ3n) is 5.80. The number of hydrogen-bond donors (Lipinski definition) is 0. The minimum absolute atomic E-state index is 0.0109. The second-order valence-electron chi connectivity index (χ2n) is 8.07. The Kier molecular flexibility index (Phi) is 8.68. The Hall–Kier alpha value is -2.76. The number of carbonyl (C=O) groups is 2. The molecule has 1 aliphatic rings. The quantitative estimate of drug-likeness (QED) is 0.489. The molecule has 8 nitrogen and oxygen atoms in total. The molecule has 1 fully saturated rings. The van der Waals surface area contributed by atoms with Gasteiger partial charge >= 0.3 is 5.97 Å². The number of esters is 1. The molecule has 2 aromatic rings. The molecule has 12 heteroatoms. The fraction of sp³-hybridized carbons (Fsp3) is 0.391. The average Bonchev–Trinajstić information content (AvgIpc) is 2.83. The van der Waals surface area contributed by atoms with E-state index in [0.717, 1.165) is 16.4 Å². The first kappa shape index (κ1) is 26.8. The molecular weight excluding hydrogens is 504 g/mol. The normalized spacial score (nSPS) is 14.6. The van der Waals surface area contributed by atoms with Gasteiger partial charge in [0.2, 0.25) is 15.9 Å². The lowest BCUT2D eigenvalue weighted by atomic mass is 10.1. The van der Waals surface area contributed by atoms with Crippen molar-refractivity contribution in [1.82, 2.24) is 9.80 Å². The van der Waals surface area contributed by atoms with Gasteiger partial charge in [0.15, 0.2) is 0 Å². The van der Waals surface area contributed by atoms with Crippen LogP contribution in [0.1, 0.15) is 22.8 Å². The van der Waals surface area contributed by atoms with Crippen molar-refractivity contribution in [2.75, 3.05) is 49.9 Å². The third-order valence-corrected chi connectivity index (χ3v) is 7.80. The number of sulfonamides is 1. The predicted octanol–water partition coefficient (Wildman–Crippen LogP) is 2.91. The number of hydrogen-bond acceptors (Lipinski definition) is 6. The monoisotopic (exact) mass is 529 g/mol. The number of methoxy groups -OCH3 is 1. The second kappa shape index (κ2) is 11.3. The summed E-state index contributed by atoms with van der Waals surface area (Å²) in [6.45, 7) is 3.36. The Balaban J connectivity index is 1.84. The summed E-state index contributed by atoms with van der Waals surface area (Å²) in [5.74, 6) is -2.55. The molecule has 1 amide bonds. The predicted molar refractivity (Wildman–Crippen MR) is 128 cm³/mol. The molecule has 0 atom stereocenters. The van der Waals surface area contributed by atoms with Gasteiger partial charge in [-0.1, -0.05) is 17.7 Å². The van der Waals surface area contributed by atoms with E-state index < -0.39 is 34.2 Å². The molecule has 0 aromatic heterocycles. The molecule has 3 rings (SSSR count). The fourth-order valence-corrected chi connectivity index (χ4v) is 5.36.